The summed E-state index contributed by atoms with van der Waals surface area (Å²) >= 11 is 0. The molecule has 2 aromatic carbocycles. The first kappa shape index (κ1) is 16.8. The van der Waals surface area contributed by atoms with Crippen LogP contribution in [0.25, 0.3) is 6.08 Å². The number of hydrogen-bond donors (Lipinski definition) is 0. The predicted octanol–water partition coefficient (Wildman–Crippen LogP) is 3.66. The Morgan fingerprint density at radius 2 is 1.52 bits per heavy atom. The number of ether oxygens (including phenoxy) is 3. The highest BCUT2D eigenvalue weighted by Gasteiger charge is 2.34. The zero-order valence-corrected chi connectivity index (χ0v) is 14.0. The van der Waals surface area contributed by atoms with Gasteiger partial charge in [0.1, 0.15) is 11.3 Å². The summed E-state index contributed by atoms with van der Waals surface area (Å²) in [5.41, 5.74) is 1.05. The van der Waals surface area contributed by atoms with Crippen LogP contribution in [0.15, 0.2) is 60.2 Å². The van der Waals surface area contributed by atoms with Crippen LogP contribution in [0, 0.1) is 0 Å². The number of hydrogen-bond acceptors (Lipinski definition) is 5. The van der Waals surface area contributed by atoms with E-state index in [1.54, 1.807) is 42.5 Å². The first-order valence-electron chi connectivity index (χ1n) is 7.99. The van der Waals surface area contributed by atoms with Crippen LogP contribution in [0.1, 0.15) is 31.3 Å². The van der Waals surface area contributed by atoms with Gasteiger partial charge in [-0.3, -0.25) is 0 Å². The Bertz CT molecular complexity index is 788. The lowest BCUT2D eigenvalue weighted by molar-refractivity contribution is -0.195. The molecule has 0 unspecified atom stereocenters. The number of para-hydroxylation sites is 1. The van der Waals surface area contributed by atoms with Crippen molar-refractivity contribution >= 4 is 18.0 Å². The maximum atomic E-state index is 12.3. The van der Waals surface area contributed by atoms with Gasteiger partial charge in [-0.2, -0.15) is 0 Å². The normalized spacial score (nSPS) is 17.1. The van der Waals surface area contributed by atoms with Crippen molar-refractivity contribution in [3.8, 4) is 5.75 Å². The lowest BCUT2D eigenvalue weighted by Gasteiger charge is -2.24. The van der Waals surface area contributed by atoms with E-state index in [1.165, 1.54) is 6.08 Å². The second-order valence-electron chi connectivity index (χ2n) is 5.82. The van der Waals surface area contributed by atoms with E-state index in [0.29, 0.717) is 16.9 Å². The third kappa shape index (κ3) is 3.88. The zero-order valence-electron chi connectivity index (χ0n) is 14.0. The summed E-state index contributed by atoms with van der Waals surface area (Å²) in [6.45, 7) is 3.80. The minimum absolute atomic E-state index is 0.0349. The fourth-order valence-corrected chi connectivity index (χ4v) is 2.41. The van der Waals surface area contributed by atoms with E-state index in [0.717, 1.165) is 0 Å². The molecule has 0 spiro atoms. The van der Waals surface area contributed by atoms with Gasteiger partial charge in [-0.15, -0.1) is 0 Å². The molecule has 0 atom stereocenters. The Morgan fingerprint density at radius 1 is 0.920 bits per heavy atom. The summed E-state index contributed by atoms with van der Waals surface area (Å²) < 4.78 is 16.2. The summed E-state index contributed by atoms with van der Waals surface area (Å²) in [6.07, 6.45) is 0.372. The smallest absolute Gasteiger partial charge is 0.348 e. The molecule has 0 aliphatic carbocycles. The molecule has 1 fully saturated rings. The molecule has 5 heteroatoms. The van der Waals surface area contributed by atoms with E-state index in [2.05, 4.69) is 0 Å². The molecule has 25 heavy (non-hydrogen) atoms. The molecule has 0 saturated carbocycles. The molecule has 1 aliphatic rings. The number of cyclic esters (lactones) is 2. The maximum absolute atomic E-state index is 12.3. The Kier molecular flexibility index (Phi) is 4.84. The van der Waals surface area contributed by atoms with Gasteiger partial charge in [-0.05, 0) is 26.0 Å². The number of benzene rings is 2. The van der Waals surface area contributed by atoms with E-state index >= 15 is 0 Å². The molecule has 0 bridgehead atoms. The fourth-order valence-electron chi connectivity index (χ4n) is 2.41. The number of esters is 2. The minimum Gasteiger partial charge on any atom is -0.490 e. The third-order valence-corrected chi connectivity index (χ3v) is 3.52. The van der Waals surface area contributed by atoms with Crippen LogP contribution >= 0.6 is 0 Å². The average Bonchev–Trinajstić information content (AvgIpc) is 2.59. The van der Waals surface area contributed by atoms with E-state index < -0.39 is 18.2 Å². The zero-order chi connectivity index (χ0) is 17.8. The van der Waals surface area contributed by atoms with Crippen molar-refractivity contribution in [2.75, 3.05) is 0 Å². The van der Waals surface area contributed by atoms with Crippen LogP contribution in [-0.4, -0.2) is 18.0 Å². The lowest BCUT2D eigenvalue weighted by atomic mass is 10.1. The molecule has 128 valence electrons. The monoisotopic (exact) mass is 338 g/mol. The summed E-state index contributed by atoms with van der Waals surface area (Å²) in [5.74, 6) is -0.857. The molecule has 0 aromatic heterocycles. The topological polar surface area (TPSA) is 61.8 Å². The van der Waals surface area contributed by atoms with Gasteiger partial charge in [0.15, 0.2) is 0 Å². The highest BCUT2D eigenvalue weighted by Crippen LogP contribution is 2.29. The summed E-state index contributed by atoms with van der Waals surface area (Å²) in [5, 5.41) is 0. The molecular weight excluding hydrogens is 320 g/mol. The molecule has 1 aliphatic heterocycles. The van der Waals surface area contributed by atoms with Gasteiger partial charge in [-0.1, -0.05) is 48.5 Å². The summed E-state index contributed by atoms with van der Waals surface area (Å²) in [7, 11) is 0. The molecular formula is C20H18O5. The van der Waals surface area contributed by atoms with E-state index in [1.807, 2.05) is 26.0 Å². The van der Waals surface area contributed by atoms with Gasteiger partial charge in [0.2, 0.25) is 0 Å². The van der Waals surface area contributed by atoms with Crippen LogP contribution < -0.4 is 4.74 Å². The molecule has 0 N–H and O–H groups in total. The SMILES string of the molecule is CC(C)Oc1ccccc1C=C1C(=O)OC(c2ccccc2)OC1=O. The highest BCUT2D eigenvalue weighted by molar-refractivity contribution is 6.18. The minimum atomic E-state index is -1.03. The van der Waals surface area contributed by atoms with Crippen molar-refractivity contribution in [2.24, 2.45) is 0 Å². The van der Waals surface area contributed by atoms with Gasteiger partial charge in [-0.25, -0.2) is 9.59 Å². The van der Waals surface area contributed by atoms with Crippen molar-refractivity contribution in [2.45, 2.75) is 26.2 Å². The van der Waals surface area contributed by atoms with Gasteiger partial charge in [0.05, 0.1) is 6.10 Å². The third-order valence-electron chi connectivity index (χ3n) is 3.52. The predicted molar refractivity (Wildman–Crippen MR) is 91.6 cm³/mol. The lowest BCUT2D eigenvalue weighted by Crippen LogP contribution is -2.29. The van der Waals surface area contributed by atoms with Crippen LogP contribution in [0.4, 0.5) is 0 Å². The van der Waals surface area contributed by atoms with Crippen LogP contribution in [-0.2, 0) is 19.1 Å². The van der Waals surface area contributed by atoms with Gasteiger partial charge in [0.25, 0.3) is 6.29 Å². The first-order valence-corrected chi connectivity index (χ1v) is 7.99. The molecule has 3 rings (SSSR count). The largest absolute Gasteiger partial charge is 0.490 e. The Morgan fingerprint density at radius 3 is 2.16 bits per heavy atom. The van der Waals surface area contributed by atoms with Crippen molar-refractivity contribution in [3.05, 3.63) is 71.3 Å². The molecule has 0 radical (unpaired) electrons. The molecule has 5 nitrogen and oxygen atoms in total. The fraction of sp³-hybridized carbons (Fsp3) is 0.200. The standard InChI is InChI=1S/C20H18O5/c1-13(2)23-17-11-7-6-10-15(17)12-16-18(21)24-20(25-19(16)22)14-8-4-3-5-9-14/h3-13,20H,1-2H3. The van der Waals surface area contributed by atoms with E-state index in [4.69, 9.17) is 14.2 Å². The molecule has 1 heterocycles. The Balaban J connectivity index is 1.86. The Labute approximate surface area is 145 Å². The second-order valence-corrected chi connectivity index (χ2v) is 5.82. The molecule has 2 aromatic rings. The van der Waals surface area contributed by atoms with Crippen LogP contribution in [0.2, 0.25) is 0 Å². The van der Waals surface area contributed by atoms with Crippen LogP contribution in [0.5, 0.6) is 5.75 Å². The summed E-state index contributed by atoms with van der Waals surface area (Å²) in [4.78, 5) is 24.6. The van der Waals surface area contributed by atoms with Crippen molar-refractivity contribution in [1.82, 2.24) is 0 Å². The van der Waals surface area contributed by atoms with Crippen molar-refractivity contribution < 1.29 is 23.8 Å². The van der Waals surface area contributed by atoms with Crippen molar-refractivity contribution in [1.29, 1.82) is 0 Å². The van der Waals surface area contributed by atoms with Gasteiger partial charge in [0, 0.05) is 11.1 Å². The molecule has 0 amide bonds. The first-order chi connectivity index (χ1) is 12.0. The van der Waals surface area contributed by atoms with E-state index in [-0.39, 0.29) is 11.7 Å². The van der Waals surface area contributed by atoms with Gasteiger partial charge >= 0.3 is 11.9 Å². The average molecular weight is 338 g/mol. The number of carbonyl (C=O) groups is 2. The Hall–Kier alpha value is -3.08. The number of carbonyl (C=O) groups excluding carboxylic acids is 2. The van der Waals surface area contributed by atoms with E-state index in [9.17, 15) is 9.59 Å². The van der Waals surface area contributed by atoms with Gasteiger partial charge < -0.3 is 14.2 Å². The number of rotatable bonds is 4. The van der Waals surface area contributed by atoms with Crippen molar-refractivity contribution in [3.63, 3.8) is 0 Å². The van der Waals surface area contributed by atoms with Crippen LogP contribution in [0.3, 0.4) is 0 Å². The quantitative estimate of drug-likeness (QED) is 0.484. The summed E-state index contributed by atoms with van der Waals surface area (Å²) in [6, 6.07) is 16.0. The maximum Gasteiger partial charge on any atom is 0.348 e. The highest BCUT2D eigenvalue weighted by atomic mass is 16.7. The second kappa shape index (κ2) is 7.21. The molecule has 1 saturated heterocycles.